The normalized spacial score (nSPS) is 12.3. The summed E-state index contributed by atoms with van der Waals surface area (Å²) >= 11 is 5.99. The lowest BCUT2D eigenvalue weighted by Crippen LogP contribution is -2.09. The third kappa shape index (κ3) is 4.08. The molecule has 0 aliphatic heterocycles. The third-order valence-electron chi connectivity index (χ3n) is 6.20. The first kappa shape index (κ1) is 22.8. The van der Waals surface area contributed by atoms with Crippen molar-refractivity contribution >= 4 is 34.1 Å². The molecule has 0 fully saturated rings. The Hall–Kier alpha value is -3.97. The molecule has 35 heavy (non-hydrogen) atoms. The fourth-order valence-corrected chi connectivity index (χ4v) is 4.48. The lowest BCUT2D eigenvalue weighted by atomic mass is 9.88. The van der Waals surface area contributed by atoms with Crippen molar-refractivity contribution in [1.29, 1.82) is 0 Å². The molecular formula is C27H23ClFN5O. The van der Waals surface area contributed by atoms with Gasteiger partial charge >= 0.3 is 0 Å². The molecule has 8 heteroatoms. The first-order chi connectivity index (χ1) is 16.7. The quantitative estimate of drug-likeness (QED) is 0.274. The molecule has 0 aliphatic carbocycles. The second kappa shape index (κ2) is 8.67. The molecule has 176 valence electrons. The van der Waals surface area contributed by atoms with E-state index >= 15 is 0 Å². The van der Waals surface area contributed by atoms with Crippen molar-refractivity contribution in [2.75, 3.05) is 11.5 Å². The molecule has 4 N–H and O–H groups in total. The summed E-state index contributed by atoms with van der Waals surface area (Å²) in [5, 5.41) is 0.966. The molecule has 0 saturated heterocycles. The number of nitrogens with two attached hydrogens (primary N) is 2. The van der Waals surface area contributed by atoms with Crippen molar-refractivity contribution in [3.05, 3.63) is 88.4 Å². The van der Waals surface area contributed by atoms with Crippen molar-refractivity contribution in [1.82, 2.24) is 15.0 Å². The molecule has 3 heterocycles. The highest BCUT2D eigenvalue weighted by atomic mass is 35.5. The van der Waals surface area contributed by atoms with Crippen LogP contribution in [0.4, 0.5) is 15.9 Å². The van der Waals surface area contributed by atoms with Gasteiger partial charge in [-0.1, -0.05) is 42.8 Å². The Kier molecular flexibility index (Phi) is 5.65. The third-order valence-corrected chi connectivity index (χ3v) is 6.52. The van der Waals surface area contributed by atoms with Crippen LogP contribution in [-0.4, -0.2) is 15.0 Å². The van der Waals surface area contributed by atoms with Crippen LogP contribution >= 0.6 is 11.6 Å². The highest BCUT2D eigenvalue weighted by Gasteiger charge is 2.22. The van der Waals surface area contributed by atoms with Crippen LogP contribution in [0, 0.1) is 19.7 Å². The molecule has 6 nitrogen and oxygen atoms in total. The molecule has 0 unspecified atom stereocenters. The monoisotopic (exact) mass is 487 g/mol. The lowest BCUT2D eigenvalue weighted by molar-refractivity contribution is 0.559. The second-order valence-electron chi connectivity index (χ2n) is 8.62. The summed E-state index contributed by atoms with van der Waals surface area (Å²) in [6.07, 6.45) is 3.23. The van der Waals surface area contributed by atoms with E-state index in [1.165, 1.54) is 6.07 Å². The number of halogens is 2. The minimum atomic E-state index is -0.450. The zero-order chi connectivity index (χ0) is 24.9. The van der Waals surface area contributed by atoms with Gasteiger partial charge in [0.25, 0.3) is 0 Å². The zero-order valence-corrected chi connectivity index (χ0v) is 20.2. The van der Waals surface area contributed by atoms with E-state index in [9.17, 15) is 4.39 Å². The SMILES string of the molecule is Cc1nc(N)c([C@@H](C)c2cccc(-c3cnc(Cl)c(N)c3)c2)c(-c2cc(F)c3occ(C)c3c2)n1. The maximum Gasteiger partial charge on any atom is 0.169 e. The van der Waals surface area contributed by atoms with E-state index in [2.05, 4.69) is 15.0 Å². The fourth-order valence-electron chi connectivity index (χ4n) is 4.38. The van der Waals surface area contributed by atoms with Crippen molar-refractivity contribution in [2.24, 2.45) is 0 Å². The second-order valence-corrected chi connectivity index (χ2v) is 8.98. The van der Waals surface area contributed by atoms with E-state index in [1.54, 1.807) is 25.5 Å². The summed E-state index contributed by atoms with van der Waals surface area (Å²) < 4.78 is 20.3. The van der Waals surface area contributed by atoms with Crippen LogP contribution in [0.5, 0.6) is 0 Å². The molecule has 0 aliphatic rings. The standard InChI is InChI=1S/C27H23ClFN5O/c1-13-12-35-25-20(13)8-18(9-21(25)29)24-23(27(31)34-15(3)33-24)14(2)16-5-4-6-17(7-16)19-10-22(30)26(28)32-11-19/h4-12,14H,30H2,1-3H3,(H2,31,33,34)/t14-/m0/s1. The minimum absolute atomic E-state index is 0.188. The number of fused-ring (bicyclic) bond motifs is 1. The number of pyridine rings is 1. The van der Waals surface area contributed by atoms with Crippen LogP contribution in [0.3, 0.4) is 0 Å². The van der Waals surface area contributed by atoms with Crippen LogP contribution in [0.2, 0.25) is 5.15 Å². The van der Waals surface area contributed by atoms with Gasteiger partial charge < -0.3 is 15.9 Å². The minimum Gasteiger partial charge on any atom is -0.461 e. The predicted octanol–water partition coefficient (Wildman–Crippen LogP) is 6.68. The van der Waals surface area contributed by atoms with Crippen LogP contribution in [0.25, 0.3) is 33.4 Å². The van der Waals surface area contributed by atoms with Gasteiger partial charge in [0.2, 0.25) is 0 Å². The highest BCUT2D eigenvalue weighted by molar-refractivity contribution is 6.31. The Morgan fingerprint density at radius 3 is 2.57 bits per heavy atom. The van der Waals surface area contributed by atoms with E-state index in [0.29, 0.717) is 34.0 Å². The van der Waals surface area contributed by atoms with Crippen molar-refractivity contribution in [2.45, 2.75) is 26.7 Å². The average Bonchev–Trinajstić information content (AvgIpc) is 3.21. The van der Waals surface area contributed by atoms with Crippen LogP contribution in [0.15, 0.2) is 59.3 Å². The van der Waals surface area contributed by atoms with E-state index in [4.69, 9.17) is 27.5 Å². The number of benzene rings is 2. The number of nitrogen functional groups attached to an aromatic ring is 2. The first-order valence-corrected chi connectivity index (χ1v) is 11.4. The number of furan rings is 1. The largest absolute Gasteiger partial charge is 0.461 e. The summed E-state index contributed by atoms with van der Waals surface area (Å²) in [6.45, 7) is 5.67. The van der Waals surface area contributed by atoms with E-state index < -0.39 is 5.82 Å². The van der Waals surface area contributed by atoms with Gasteiger partial charge in [-0.15, -0.1) is 0 Å². The van der Waals surface area contributed by atoms with Gasteiger partial charge in [0.05, 0.1) is 17.6 Å². The van der Waals surface area contributed by atoms with Crippen LogP contribution in [-0.2, 0) is 0 Å². The van der Waals surface area contributed by atoms with E-state index in [1.807, 2.05) is 44.2 Å². The molecule has 2 aromatic carbocycles. The molecule has 0 amide bonds. The number of rotatable bonds is 4. The molecule has 0 radical (unpaired) electrons. The molecule has 5 rings (SSSR count). The molecule has 5 aromatic rings. The van der Waals surface area contributed by atoms with Crippen LogP contribution in [0.1, 0.15) is 35.4 Å². The summed E-state index contributed by atoms with van der Waals surface area (Å²) in [6, 6.07) is 13.1. The van der Waals surface area contributed by atoms with Gasteiger partial charge in [-0.2, -0.15) is 0 Å². The number of aromatic nitrogens is 3. The van der Waals surface area contributed by atoms with Gasteiger partial charge in [-0.05, 0) is 48.7 Å². The predicted molar refractivity (Wildman–Crippen MR) is 138 cm³/mol. The summed E-state index contributed by atoms with van der Waals surface area (Å²) in [5.74, 6) is 0.225. The molecule has 1 atom stereocenters. The molecule has 0 bridgehead atoms. The van der Waals surface area contributed by atoms with Gasteiger partial charge in [-0.3, -0.25) is 0 Å². The maximum atomic E-state index is 14.9. The molecular weight excluding hydrogens is 465 g/mol. The Morgan fingerprint density at radius 2 is 1.80 bits per heavy atom. The van der Waals surface area contributed by atoms with E-state index in [-0.39, 0.29) is 16.7 Å². The van der Waals surface area contributed by atoms with Gasteiger partial charge in [0, 0.05) is 34.2 Å². The van der Waals surface area contributed by atoms with Crippen molar-refractivity contribution < 1.29 is 8.81 Å². The molecule has 0 spiro atoms. The Balaban J connectivity index is 1.65. The first-order valence-electron chi connectivity index (χ1n) is 11.1. The van der Waals surface area contributed by atoms with Crippen LogP contribution < -0.4 is 11.5 Å². The van der Waals surface area contributed by atoms with Gasteiger partial charge in [0.15, 0.2) is 16.6 Å². The van der Waals surface area contributed by atoms with Gasteiger partial charge in [-0.25, -0.2) is 19.3 Å². The summed E-state index contributed by atoms with van der Waals surface area (Å²) in [4.78, 5) is 13.3. The Morgan fingerprint density at radius 1 is 1.00 bits per heavy atom. The lowest BCUT2D eigenvalue weighted by Gasteiger charge is -2.20. The highest BCUT2D eigenvalue weighted by Crippen LogP contribution is 2.38. The van der Waals surface area contributed by atoms with Crippen molar-refractivity contribution in [3.63, 3.8) is 0 Å². The maximum absolute atomic E-state index is 14.9. The number of hydrogen-bond donors (Lipinski definition) is 2. The zero-order valence-electron chi connectivity index (χ0n) is 19.4. The smallest absolute Gasteiger partial charge is 0.169 e. The molecule has 3 aromatic heterocycles. The summed E-state index contributed by atoms with van der Waals surface area (Å²) in [7, 11) is 0. The Bertz CT molecular complexity index is 1600. The number of anilines is 2. The summed E-state index contributed by atoms with van der Waals surface area (Å²) in [5.41, 5.74) is 18.6. The van der Waals surface area contributed by atoms with Crippen molar-refractivity contribution in [3.8, 4) is 22.4 Å². The number of aryl methyl sites for hydroxylation is 2. The fraction of sp³-hybridized carbons (Fsp3) is 0.148. The topological polar surface area (TPSA) is 104 Å². The molecule has 0 saturated carbocycles. The Labute approximate surface area is 206 Å². The van der Waals surface area contributed by atoms with Gasteiger partial charge in [0.1, 0.15) is 11.6 Å². The number of nitrogens with zero attached hydrogens (tertiary/aromatic N) is 3. The number of hydrogen-bond acceptors (Lipinski definition) is 6. The average molecular weight is 488 g/mol. The van der Waals surface area contributed by atoms with E-state index in [0.717, 1.165) is 27.8 Å².